The summed E-state index contributed by atoms with van der Waals surface area (Å²) in [6.07, 6.45) is 14.0. The Kier molecular flexibility index (Phi) is 40.3. The molecule has 16 aromatic rings. The molecule has 0 atom stereocenters. The van der Waals surface area contributed by atoms with Gasteiger partial charge in [-0.1, -0.05) is 106 Å². The van der Waals surface area contributed by atoms with Crippen LogP contribution in [-0.2, 0) is 4.74 Å². The molecule has 0 saturated heterocycles. The van der Waals surface area contributed by atoms with E-state index < -0.39 is 0 Å². The number of aliphatic hydroxyl groups is 1. The minimum Gasteiger partial charge on any atom is -0.857 e. The van der Waals surface area contributed by atoms with Crippen molar-refractivity contribution < 1.29 is 59.1 Å². The fourth-order valence-electron chi connectivity index (χ4n) is 11.9. The quantitative estimate of drug-likeness (QED) is 0.0235. The summed E-state index contributed by atoms with van der Waals surface area (Å²) in [6, 6.07) is 71.7. The van der Waals surface area contributed by atoms with Crippen LogP contribution in [0.15, 0.2) is 268 Å². The summed E-state index contributed by atoms with van der Waals surface area (Å²) in [7, 11) is 10.9. The van der Waals surface area contributed by atoms with E-state index >= 15 is 0 Å². The normalized spacial score (nSPS) is 10.2. The number of aromatic hydroxyl groups is 1. The average Bonchev–Trinajstić information content (AvgIpc) is 0.801. The molecule has 8 aromatic carbocycles. The van der Waals surface area contributed by atoms with Crippen LogP contribution in [0.25, 0.3) is 134 Å². The Morgan fingerprint density at radius 1 is 0.367 bits per heavy atom. The predicted molar refractivity (Wildman–Crippen MR) is 502 cm³/mol. The van der Waals surface area contributed by atoms with Crippen molar-refractivity contribution in [1.82, 2.24) is 59.8 Å². The van der Waals surface area contributed by atoms with E-state index in [-0.39, 0.29) is 38.5 Å². The van der Waals surface area contributed by atoms with E-state index in [2.05, 4.69) is 210 Å². The summed E-state index contributed by atoms with van der Waals surface area (Å²) in [5.41, 5.74) is 16.9. The van der Waals surface area contributed by atoms with Gasteiger partial charge in [-0.15, -0.1) is 70.5 Å². The van der Waals surface area contributed by atoms with Crippen molar-refractivity contribution in [3.05, 3.63) is 274 Å². The molecule has 120 heavy (non-hydrogen) atoms. The Hall–Kier alpha value is -10.2. The maximum absolute atomic E-state index is 9.71. The number of ether oxygens (including phenoxy) is 3. The molecule has 0 spiro atoms. The van der Waals surface area contributed by atoms with E-state index in [9.17, 15) is 5.11 Å². The van der Waals surface area contributed by atoms with Gasteiger partial charge in [0.05, 0.1) is 34.6 Å². The van der Waals surface area contributed by atoms with Crippen molar-refractivity contribution in [2.45, 2.75) is 6.92 Å². The fraction of sp³-hybridized carbons (Fsp3) is 0.156. The molecule has 8 heterocycles. The molecule has 0 aliphatic rings. The van der Waals surface area contributed by atoms with Crippen molar-refractivity contribution in [1.29, 1.82) is 0 Å². The number of phenols is 1. The maximum atomic E-state index is 9.71. The number of aromatic nitrogens is 12. The molecule has 0 aliphatic carbocycles. The number of rotatable bonds is 20. The number of anilines is 4. The number of hydrogen-bond acceptors (Lipinski definition) is 22. The molecule has 0 bridgehead atoms. The SMILES string of the molecule is BrB(Br)Br.CNc1nc(-c2cccnc2)nc2ccc(-c3cccc(C)c3)cc12.CNc1nc(-c2cccnc2)nc2ccc(-c3cccc(O)c3)cc12.CNc1nc(-c2cccnc2)nc2ccc(-c3cccc(OCCCl)c3)cc12.CNc1nc(-c2cccnc2)nc2ccc(-c3cccc(OCCOC)c3)cc12.CO.C[O-].ClCCBr.[Na+]. The van der Waals surface area contributed by atoms with Gasteiger partial charge in [0.1, 0.15) is 53.7 Å². The molecule has 0 amide bonds. The Balaban J connectivity index is 0.000000190. The third kappa shape index (κ3) is 27.4. The van der Waals surface area contributed by atoms with E-state index in [1.54, 1.807) is 68.8 Å². The van der Waals surface area contributed by atoms with Gasteiger partial charge < -0.3 is 50.8 Å². The number of alkyl halides is 3. The van der Waals surface area contributed by atoms with Gasteiger partial charge in [0, 0.05) is 147 Å². The number of fused-ring (bicyclic) bond motifs is 4. The van der Waals surface area contributed by atoms with Gasteiger partial charge in [0.25, 0.3) is 0 Å². The van der Waals surface area contributed by atoms with E-state index in [4.69, 9.17) is 67.6 Å². The number of hydrogen-bond donors (Lipinski definition) is 6. The van der Waals surface area contributed by atoms with Crippen molar-refractivity contribution in [2.24, 2.45) is 0 Å². The molecule has 22 nitrogen and oxygen atoms in total. The van der Waals surface area contributed by atoms with Crippen LogP contribution in [0.5, 0.6) is 17.2 Å². The summed E-state index contributed by atoms with van der Waals surface area (Å²) < 4.78 is 16.7. The van der Waals surface area contributed by atoms with Gasteiger partial charge in [-0.25, -0.2) is 39.9 Å². The second kappa shape index (κ2) is 50.7. The number of benzene rings is 8. The zero-order valence-corrected chi connectivity index (χ0v) is 77.2. The zero-order valence-electron chi connectivity index (χ0n) is 67.4. The van der Waals surface area contributed by atoms with Crippen molar-refractivity contribution in [3.63, 3.8) is 0 Å². The maximum Gasteiger partial charge on any atom is 1.00 e. The van der Waals surface area contributed by atoms with Crippen LogP contribution < -0.4 is 65.4 Å². The molecule has 0 unspecified atom stereocenters. The molecule has 30 heteroatoms. The minimum absolute atomic E-state index is 0. The standard InChI is InChI=1S/C23H22N4O2.C22H19ClN4O.C21H18N4.C20H16N4O.C2H4BrCl.CH4O.CH3O.BBr3.Na/c1-24-23-20-14-17(16-5-3-7-19(13-16)29-12-11-28-2)8-9-21(20)26-22(27-23)18-6-4-10-25-15-18;1-24-22-19-13-16(15-4-2-6-18(12-15)28-11-9-23)7-8-20(19)26-21(27-22)17-5-3-10-25-14-17;1-14-5-3-6-15(11-14)16-8-9-19-18(12-16)21(22-2)25-20(24-19)17-7-4-10-23-13-17;1-21-20-17-11-14(13-4-2-6-16(25)10-13)7-8-18(17)23-19(24-20)15-5-3-9-22-12-15;3-1-2-4;2*1-2;2-1(3)4;/h3-10,13-15H,11-12H2,1-2H3,(H,24,26,27);2-8,10,12-14H,9,11H2,1H3,(H,24,26,27);3-13H,1-2H3,(H,22,24,25);2-12,25H,1H3,(H,21,23,24);1-2H2;2H,1H3;1H3;;/q;;;;;;-1;;+1. The van der Waals surface area contributed by atoms with Crippen LogP contribution in [0.1, 0.15) is 5.56 Å². The first kappa shape index (κ1) is 95.2. The number of nitrogens with zero attached hydrogens (tertiary/aromatic N) is 12. The summed E-state index contributed by atoms with van der Waals surface area (Å²) >= 11 is 23.3. The van der Waals surface area contributed by atoms with Crippen LogP contribution in [-0.4, -0.2) is 160 Å². The van der Waals surface area contributed by atoms with Crippen LogP contribution in [0.2, 0.25) is 0 Å². The number of pyridine rings is 4. The molecule has 16 rings (SSSR count). The van der Waals surface area contributed by atoms with Gasteiger partial charge in [0.15, 0.2) is 23.3 Å². The van der Waals surface area contributed by atoms with E-state index in [0.717, 1.165) is 159 Å². The fourth-order valence-corrected chi connectivity index (χ4v) is 12.0. The monoisotopic (exact) mass is 1910 g/mol. The largest absolute Gasteiger partial charge is 1.00 e. The van der Waals surface area contributed by atoms with Gasteiger partial charge in [0.2, 0.25) is 0 Å². The number of methoxy groups -OCH3 is 1. The predicted octanol–water partition coefficient (Wildman–Crippen LogP) is 17.6. The minimum atomic E-state index is 0. The van der Waals surface area contributed by atoms with Crippen LogP contribution in [0.4, 0.5) is 23.3 Å². The smallest absolute Gasteiger partial charge is 0.857 e. The molecule has 0 aliphatic heterocycles. The Labute approximate surface area is 763 Å². The zero-order chi connectivity index (χ0) is 84.8. The third-order valence-corrected chi connectivity index (χ3v) is 18.4. The van der Waals surface area contributed by atoms with E-state index in [0.29, 0.717) is 54.9 Å². The average molecular weight is 1910 g/mol. The number of aryl methyl sites for hydroxylation is 1. The van der Waals surface area contributed by atoms with Crippen molar-refractivity contribution >= 4 is 156 Å². The molecule has 0 fully saturated rings. The second-order valence-electron chi connectivity index (χ2n) is 25.0. The van der Waals surface area contributed by atoms with Crippen LogP contribution in [0.3, 0.4) is 0 Å². The Bertz CT molecular complexity index is 5700. The third-order valence-electron chi connectivity index (χ3n) is 17.2. The molecule has 0 saturated carbocycles. The topological polar surface area (TPSA) is 294 Å². The molecule has 0 radical (unpaired) electrons. The number of nitrogens with one attached hydrogen (secondary N) is 4. The summed E-state index contributed by atoms with van der Waals surface area (Å²) in [5, 5.41) is 42.4. The van der Waals surface area contributed by atoms with Gasteiger partial charge >= 0.3 is 32.7 Å². The first-order chi connectivity index (χ1) is 58.2. The second-order valence-corrected chi connectivity index (χ2v) is 32.9. The summed E-state index contributed by atoms with van der Waals surface area (Å²) in [5.74, 6) is 8.77. The van der Waals surface area contributed by atoms with Gasteiger partial charge in [-0.3, -0.25) is 19.9 Å². The Morgan fingerprint density at radius 2 is 0.650 bits per heavy atom. The van der Waals surface area contributed by atoms with Crippen LogP contribution in [0, 0.1) is 6.92 Å². The molecule has 608 valence electrons. The van der Waals surface area contributed by atoms with Crippen LogP contribution >= 0.6 is 86.4 Å². The summed E-state index contributed by atoms with van der Waals surface area (Å²) in [6.45, 7) is 3.67. The van der Waals surface area contributed by atoms with E-state index in [1.165, 1.54) is 11.1 Å². The number of halogens is 6. The summed E-state index contributed by atoms with van der Waals surface area (Å²) in [4.78, 5) is 54.1. The molecule has 8 aromatic heterocycles. The Morgan fingerprint density at radius 3 is 0.925 bits per heavy atom. The molecular weight excluding hydrogens is 1830 g/mol. The number of aliphatic hydroxyl groups excluding tert-OH is 1. The first-order valence-electron chi connectivity index (χ1n) is 37.1. The number of phenolic OH excluding ortho intramolecular Hbond substituents is 1. The van der Waals surface area contributed by atoms with E-state index in [1.807, 2.05) is 156 Å². The van der Waals surface area contributed by atoms with Crippen molar-refractivity contribution in [2.75, 3.05) is 108 Å². The van der Waals surface area contributed by atoms with Gasteiger partial charge in [-0.05, 0) is 185 Å². The van der Waals surface area contributed by atoms with Gasteiger partial charge in [-0.2, -0.15) is 7.11 Å². The van der Waals surface area contributed by atoms with Crippen molar-refractivity contribution in [3.8, 4) is 107 Å². The first-order valence-corrected chi connectivity index (χ1v) is 42.0. The molecular formula is C90H86BBr4Cl2N16NaO6. The molecule has 6 N–H and O–H groups in total.